The Kier molecular flexibility index (Phi) is 5.35. The van der Waals surface area contributed by atoms with E-state index in [1.807, 2.05) is 35.7 Å². The molecule has 0 bridgehead atoms. The Bertz CT molecular complexity index is 476. The molecular weight excluding hydrogens is 268 g/mol. The van der Waals surface area contributed by atoms with Crippen LogP contribution in [0.1, 0.15) is 36.2 Å². The van der Waals surface area contributed by atoms with E-state index in [-0.39, 0.29) is 5.91 Å². The lowest BCUT2D eigenvalue weighted by atomic mass is 10.1. The fraction of sp³-hybridized carbons (Fsp3) is 0.562. The zero-order chi connectivity index (χ0) is 14.5. The van der Waals surface area contributed by atoms with Crippen molar-refractivity contribution < 1.29 is 4.79 Å². The smallest absolute Gasteiger partial charge is 0.256 e. The van der Waals surface area contributed by atoms with Crippen molar-refractivity contribution in [2.75, 3.05) is 30.7 Å². The topological polar surface area (TPSA) is 32.3 Å². The Balaban J connectivity index is 2.20. The van der Waals surface area contributed by atoms with Gasteiger partial charge in [-0.25, -0.2) is 0 Å². The number of carbonyl (C=O) groups is 1. The molecule has 4 heteroatoms. The van der Waals surface area contributed by atoms with Crippen LogP contribution in [0.3, 0.4) is 0 Å². The molecule has 3 nitrogen and oxygen atoms in total. The second-order valence-electron chi connectivity index (χ2n) is 5.41. The monoisotopic (exact) mass is 292 g/mol. The van der Waals surface area contributed by atoms with E-state index < -0.39 is 0 Å². The summed E-state index contributed by atoms with van der Waals surface area (Å²) in [5, 5.41) is 3.90. The predicted octanol–water partition coefficient (Wildman–Crippen LogP) is 3.39. The van der Waals surface area contributed by atoms with Gasteiger partial charge in [0, 0.05) is 36.3 Å². The third kappa shape index (κ3) is 3.69. The average molecular weight is 292 g/mol. The second kappa shape index (κ2) is 7.02. The first-order valence-electron chi connectivity index (χ1n) is 7.37. The van der Waals surface area contributed by atoms with E-state index in [9.17, 15) is 4.79 Å². The standard InChI is InChI=1S/C16H24N2OS/c1-4-7-17-15-6-5-12(2)10-14(15)16(19)18-8-9-20-13(3)11-18/h5-6,10,13,17H,4,7-9,11H2,1-3H3. The number of amides is 1. The van der Waals surface area contributed by atoms with Crippen molar-refractivity contribution >= 4 is 23.4 Å². The van der Waals surface area contributed by atoms with Gasteiger partial charge in [-0.2, -0.15) is 11.8 Å². The van der Waals surface area contributed by atoms with Crippen molar-refractivity contribution in [2.45, 2.75) is 32.4 Å². The predicted molar refractivity (Wildman–Crippen MR) is 87.8 cm³/mol. The van der Waals surface area contributed by atoms with E-state index in [0.29, 0.717) is 5.25 Å². The van der Waals surface area contributed by atoms with Crippen LogP contribution in [-0.2, 0) is 0 Å². The number of nitrogens with zero attached hydrogens (tertiary/aromatic N) is 1. The lowest BCUT2D eigenvalue weighted by Crippen LogP contribution is -2.41. The lowest BCUT2D eigenvalue weighted by molar-refractivity contribution is 0.0764. The van der Waals surface area contributed by atoms with Crippen LogP contribution in [0.4, 0.5) is 5.69 Å². The molecule has 1 aliphatic heterocycles. The number of aryl methyl sites for hydroxylation is 1. The lowest BCUT2D eigenvalue weighted by Gasteiger charge is -2.31. The Labute approximate surface area is 126 Å². The SMILES string of the molecule is CCCNc1ccc(C)cc1C(=O)N1CCSC(C)C1. The van der Waals surface area contributed by atoms with E-state index in [0.717, 1.165) is 48.6 Å². The molecule has 0 aromatic heterocycles. The van der Waals surface area contributed by atoms with Gasteiger partial charge in [-0.15, -0.1) is 0 Å². The molecule has 0 saturated carbocycles. The third-order valence-electron chi connectivity index (χ3n) is 3.50. The molecule has 1 heterocycles. The molecule has 1 fully saturated rings. The van der Waals surface area contributed by atoms with Crippen molar-refractivity contribution in [3.8, 4) is 0 Å². The first kappa shape index (κ1) is 15.2. The zero-order valence-corrected chi connectivity index (χ0v) is 13.4. The molecule has 110 valence electrons. The highest BCUT2D eigenvalue weighted by Gasteiger charge is 2.24. The normalized spacial score (nSPS) is 18.9. The summed E-state index contributed by atoms with van der Waals surface area (Å²) in [6.07, 6.45) is 1.05. The first-order chi connectivity index (χ1) is 9.61. The summed E-state index contributed by atoms with van der Waals surface area (Å²) in [4.78, 5) is 14.8. The molecule has 1 amide bonds. The number of hydrogen-bond acceptors (Lipinski definition) is 3. The third-order valence-corrected chi connectivity index (χ3v) is 4.64. The molecule has 1 aliphatic rings. The van der Waals surface area contributed by atoms with Crippen LogP contribution in [0.15, 0.2) is 18.2 Å². The molecule has 1 aromatic carbocycles. The average Bonchev–Trinajstić information content (AvgIpc) is 2.45. The largest absolute Gasteiger partial charge is 0.384 e. The van der Waals surface area contributed by atoms with Gasteiger partial charge in [0.25, 0.3) is 5.91 Å². The minimum absolute atomic E-state index is 0.166. The van der Waals surface area contributed by atoms with Gasteiger partial charge < -0.3 is 10.2 Å². The molecule has 1 atom stereocenters. The second-order valence-corrected chi connectivity index (χ2v) is 6.95. The molecule has 0 spiro atoms. The fourth-order valence-corrected chi connectivity index (χ4v) is 3.44. The van der Waals surface area contributed by atoms with Gasteiger partial charge in [-0.1, -0.05) is 25.5 Å². The van der Waals surface area contributed by atoms with Gasteiger partial charge in [0.05, 0.1) is 5.56 Å². The van der Waals surface area contributed by atoms with Crippen molar-refractivity contribution in [3.63, 3.8) is 0 Å². The number of thioether (sulfide) groups is 1. The molecule has 2 rings (SSSR count). The number of benzene rings is 1. The van der Waals surface area contributed by atoms with Crippen LogP contribution in [0.5, 0.6) is 0 Å². The molecule has 0 aliphatic carbocycles. The number of anilines is 1. The molecule has 1 aromatic rings. The Hall–Kier alpha value is -1.16. The summed E-state index contributed by atoms with van der Waals surface area (Å²) in [6.45, 7) is 8.97. The number of nitrogens with one attached hydrogen (secondary N) is 1. The Morgan fingerprint density at radius 2 is 2.30 bits per heavy atom. The molecular formula is C16H24N2OS. The summed E-state index contributed by atoms with van der Waals surface area (Å²) in [7, 11) is 0. The van der Waals surface area contributed by atoms with Gasteiger partial charge in [-0.3, -0.25) is 4.79 Å². The van der Waals surface area contributed by atoms with Crippen LogP contribution >= 0.6 is 11.8 Å². The van der Waals surface area contributed by atoms with Gasteiger partial charge in [0.15, 0.2) is 0 Å². The van der Waals surface area contributed by atoms with Gasteiger partial charge in [0.1, 0.15) is 0 Å². The van der Waals surface area contributed by atoms with Crippen LogP contribution in [0.25, 0.3) is 0 Å². The van der Waals surface area contributed by atoms with Crippen molar-refractivity contribution in [1.82, 2.24) is 4.90 Å². The minimum Gasteiger partial charge on any atom is -0.384 e. The molecule has 1 saturated heterocycles. The highest BCUT2D eigenvalue weighted by molar-refractivity contribution is 7.99. The van der Waals surface area contributed by atoms with E-state index in [1.54, 1.807) is 0 Å². The van der Waals surface area contributed by atoms with E-state index in [1.165, 1.54) is 0 Å². The van der Waals surface area contributed by atoms with Crippen molar-refractivity contribution in [3.05, 3.63) is 29.3 Å². The van der Waals surface area contributed by atoms with Gasteiger partial charge >= 0.3 is 0 Å². The summed E-state index contributed by atoms with van der Waals surface area (Å²) in [5.74, 6) is 1.20. The summed E-state index contributed by atoms with van der Waals surface area (Å²) < 4.78 is 0. The Morgan fingerprint density at radius 3 is 3.00 bits per heavy atom. The van der Waals surface area contributed by atoms with E-state index in [2.05, 4.69) is 25.2 Å². The molecule has 1 N–H and O–H groups in total. The van der Waals surface area contributed by atoms with Crippen LogP contribution in [0.2, 0.25) is 0 Å². The number of hydrogen-bond donors (Lipinski definition) is 1. The number of carbonyl (C=O) groups excluding carboxylic acids is 1. The summed E-state index contributed by atoms with van der Waals surface area (Å²) >= 11 is 1.95. The number of rotatable bonds is 4. The molecule has 1 unspecified atom stereocenters. The van der Waals surface area contributed by atoms with Gasteiger partial charge in [-0.05, 0) is 25.5 Å². The maximum absolute atomic E-state index is 12.8. The highest BCUT2D eigenvalue weighted by atomic mass is 32.2. The zero-order valence-electron chi connectivity index (χ0n) is 12.6. The van der Waals surface area contributed by atoms with E-state index in [4.69, 9.17) is 0 Å². The maximum atomic E-state index is 12.8. The van der Waals surface area contributed by atoms with E-state index >= 15 is 0 Å². The molecule has 20 heavy (non-hydrogen) atoms. The Morgan fingerprint density at radius 1 is 1.50 bits per heavy atom. The maximum Gasteiger partial charge on any atom is 0.256 e. The van der Waals surface area contributed by atoms with Gasteiger partial charge in [0.2, 0.25) is 0 Å². The molecule has 0 radical (unpaired) electrons. The van der Waals surface area contributed by atoms with Crippen LogP contribution in [0, 0.1) is 6.92 Å². The van der Waals surface area contributed by atoms with Crippen LogP contribution < -0.4 is 5.32 Å². The first-order valence-corrected chi connectivity index (χ1v) is 8.42. The minimum atomic E-state index is 0.166. The van der Waals surface area contributed by atoms with Crippen molar-refractivity contribution in [2.24, 2.45) is 0 Å². The van der Waals surface area contributed by atoms with Crippen molar-refractivity contribution in [1.29, 1.82) is 0 Å². The van der Waals surface area contributed by atoms with Crippen LogP contribution in [-0.4, -0.2) is 41.4 Å². The fourth-order valence-electron chi connectivity index (χ4n) is 2.42. The summed E-state index contributed by atoms with van der Waals surface area (Å²) in [5.41, 5.74) is 2.92. The highest BCUT2D eigenvalue weighted by Crippen LogP contribution is 2.23. The quantitative estimate of drug-likeness (QED) is 0.923. The summed E-state index contributed by atoms with van der Waals surface area (Å²) in [6, 6.07) is 6.09.